The second-order valence-electron chi connectivity index (χ2n) is 3.65. The largest absolute Gasteiger partial charge is 0.346 e. The Kier molecular flexibility index (Phi) is 3.50. The van der Waals surface area contributed by atoms with Gasteiger partial charge >= 0.3 is 0 Å². The highest BCUT2D eigenvalue weighted by Gasteiger charge is 1.88. The van der Waals surface area contributed by atoms with Crippen LogP contribution in [-0.2, 0) is 0 Å². The quantitative estimate of drug-likeness (QED) is 0.657. The van der Waals surface area contributed by atoms with Gasteiger partial charge in [-0.25, -0.2) is 4.98 Å². The Morgan fingerprint density at radius 2 is 2.00 bits per heavy atom. The molecule has 0 aliphatic heterocycles. The minimum Gasteiger partial charge on any atom is -0.346 e. The van der Waals surface area contributed by atoms with E-state index >= 15 is 0 Å². The summed E-state index contributed by atoms with van der Waals surface area (Å²) in [5, 5.41) is 1.16. The molecule has 2 nitrogen and oxygen atoms in total. The first-order valence-electron chi connectivity index (χ1n) is 4.58. The molecule has 2 rings (SSSR count). The Bertz CT molecular complexity index is 322. The lowest BCUT2D eigenvalue weighted by atomic mass is 10.3. The van der Waals surface area contributed by atoms with Crippen molar-refractivity contribution in [2.45, 2.75) is 20.8 Å². The fourth-order valence-electron chi connectivity index (χ4n) is 0.883. The number of rotatable bonds is 0. The molecule has 0 spiro atoms. The molecule has 0 amide bonds. The molecule has 0 bridgehead atoms. The number of hydrogen-bond donors (Lipinski definition) is 1. The van der Waals surface area contributed by atoms with Gasteiger partial charge in [-0.3, -0.25) is 0 Å². The van der Waals surface area contributed by atoms with Crippen LogP contribution in [0.4, 0.5) is 0 Å². The van der Waals surface area contributed by atoms with Gasteiger partial charge in [0, 0.05) is 19.2 Å². The topological polar surface area (TPSA) is 28.7 Å². The van der Waals surface area contributed by atoms with Crippen LogP contribution in [0, 0.1) is 5.92 Å². The summed E-state index contributed by atoms with van der Waals surface area (Å²) in [6.07, 6.45) is 3.66. The maximum Gasteiger partial charge on any atom is 0.137 e. The van der Waals surface area contributed by atoms with Crippen molar-refractivity contribution in [3.05, 3.63) is 30.6 Å². The average molecular weight is 178 g/mol. The fourth-order valence-corrected chi connectivity index (χ4v) is 0.883. The van der Waals surface area contributed by atoms with Gasteiger partial charge in [-0.05, 0) is 24.1 Å². The third kappa shape index (κ3) is 3.28. The number of fused-ring (bicyclic) bond motifs is 1. The Balaban J connectivity index is 0.000000299. The van der Waals surface area contributed by atoms with E-state index in [0.717, 1.165) is 17.0 Å². The lowest BCUT2D eigenvalue weighted by molar-refractivity contribution is 0.737. The molecule has 2 heteroatoms. The molecule has 0 aromatic carbocycles. The smallest absolute Gasteiger partial charge is 0.137 e. The molecule has 0 saturated carbocycles. The third-order valence-corrected chi connectivity index (χ3v) is 1.32. The maximum absolute atomic E-state index is 4.09. The van der Waals surface area contributed by atoms with Crippen molar-refractivity contribution in [1.82, 2.24) is 9.97 Å². The molecule has 2 aromatic heterocycles. The number of hydrogen-bond acceptors (Lipinski definition) is 1. The van der Waals surface area contributed by atoms with E-state index in [4.69, 9.17) is 0 Å². The lowest BCUT2D eigenvalue weighted by Crippen LogP contribution is -1.70. The van der Waals surface area contributed by atoms with Gasteiger partial charge in [0.25, 0.3) is 0 Å². The van der Waals surface area contributed by atoms with Crippen molar-refractivity contribution >= 4 is 11.0 Å². The van der Waals surface area contributed by atoms with Gasteiger partial charge in [0.1, 0.15) is 5.65 Å². The van der Waals surface area contributed by atoms with Crippen LogP contribution < -0.4 is 0 Å². The first-order chi connectivity index (χ1) is 6.20. The first-order valence-corrected chi connectivity index (χ1v) is 4.58. The predicted molar refractivity (Wildman–Crippen MR) is 58.7 cm³/mol. The molecule has 0 atom stereocenters. The molecule has 0 unspecified atom stereocenters. The van der Waals surface area contributed by atoms with Gasteiger partial charge in [0.15, 0.2) is 0 Å². The fraction of sp³-hybridized carbons (Fsp3) is 0.364. The van der Waals surface area contributed by atoms with Crippen LogP contribution in [0.25, 0.3) is 11.0 Å². The highest BCUT2D eigenvalue weighted by atomic mass is 14.8. The second kappa shape index (κ2) is 4.65. The summed E-state index contributed by atoms with van der Waals surface area (Å²) in [5.74, 6) is 0.833. The van der Waals surface area contributed by atoms with Crippen molar-refractivity contribution in [1.29, 1.82) is 0 Å². The van der Waals surface area contributed by atoms with E-state index in [-0.39, 0.29) is 1.43 Å². The summed E-state index contributed by atoms with van der Waals surface area (Å²) in [6, 6.07) is 5.96. The van der Waals surface area contributed by atoms with Gasteiger partial charge in [0.2, 0.25) is 0 Å². The van der Waals surface area contributed by atoms with E-state index in [1.54, 1.807) is 6.20 Å². The molecule has 0 aliphatic carbocycles. The molecule has 2 heterocycles. The highest BCUT2D eigenvalue weighted by Crippen LogP contribution is 2.05. The summed E-state index contributed by atoms with van der Waals surface area (Å²) in [5.41, 5.74) is 0.956. The lowest BCUT2D eigenvalue weighted by Gasteiger charge is -1.82. The number of H-pyrrole nitrogens is 1. The molecule has 0 saturated heterocycles. The van der Waals surface area contributed by atoms with E-state index in [9.17, 15) is 0 Å². The van der Waals surface area contributed by atoms with Crippen molar-refractivity contribution in [3.8, 4) is 0 Å². The Morgan fingerprint density at radius 1 is 1.31 bits per heavy atom. The van der Waals surface area contributed by atoms with Crippen LogP contribution in [0.3, 0.4) is 0 Å². The van der Waals surface area contributed by atoms with Crippen LogP contribution in [0.2, 0.25) is 0 Å². The molecule has 1 N–H and O–H groups in total. The summed E-state index contributed by atoms with van der Waals surface area (Å²) >= 11 is 0. The van der Waals surface area contributed by atoms with Crippen molar-refractivity contribution in [3.63, 3.8) is 0 Å². The SMILES string of the molecule is CC(C)C.[HH].c1cnc2[nH]ccc2c1. The average Bonchev–Trinajstić information content (AvgIpc) is 2.49. The zero-order valence-electron chi connectivity index (χ0n) is 8.41. The zero-order chi connectivity index (χ0) is 9.68. The number of nitrogens with zero attached hydrogens (tertiary/aromatic N) is 1. The summed E-state index contributed by atoms with van der Waals surface area (Å²) in [6.45, 7) is 6.50. The van der Waals surface area contributed by atoms with E-state index in [1.807, 2.05) is 24.4 Å². The van der Waals surface area contributed by atoms with Crippen molar-refractivity contribution in [2.75, 3.05) is 0 Å². The molecule has 72 valence electrons. The van der Waals surface area contributed by atoms with Crippen LogP contribution in [0.5, 0.6) is 0 Å². The Hall–Kier alpha value is -1.31. The van der Waals surface area contributed by atoms with Gasteiger partial charge in [-0.15, -0.1) is 0 Å². The van der Waals surface area contributed by atoms with E-state index in [2.05, 4.69) is 30.7 Å². The highest BCUT2D eigenvalue weighted by molar-refractivity contribution is 5.74. The molecular weight excluding hydrogens is 160 g/mol. The normalized spacial score (nSPS) is 9.85. The molecular formula is C11H18N2. The molecule has 0 aliphatic rings. The first kappa shape index (κ1) is 9.78. The minimum atomic E-state index is 0. The minimum absolute atomic E-state index is 0. The zero-order valence-corrected chi connectivity index (χ0v) is 8.41. The van der Waals surface area contributed by atoms with E-state index in [0.29, 0.717) is 0 Å². The van der Waals surface area contributed by atoms with E-state index < -0.39 is 0 Å². The third-order valence-electron chi connectivity index (χ3n) is 1.32. The Labute approximate surface area is 80.5 Å². The number of pyridine rings is 1. The van der Waals surface area contributed by atoms with Gasteiger partial charge in [0.05, 0.1) is 0 Å². The molecule has 13 heavy (non-hydrogen) atoms. The summed E-state index contributed by atoms with van der Waals surface area (Å²) in [7, 11) is 0. The standard InChI is InChI=1S/C7H6N2.C4H10.H2/c1-2-6-3-5-9-7(6)8-4-1;1-4(2)3;/h1-5H,(H,8,9);4H,1-3H3;1H. The van der Waals surface area contributed by atoms with Crippen LogP contribution in [0.1, 0.15) is 22.2 Å². The van der Waals surface area contributed by atoms with Gasteiger partial charge < -0.3 is 4.98 Å². The Morgan fingerprint density at radius 3 is 2.62 bits per heavy atom. The number of aromatic nitrogens is 2. The molecule has 0 radical (unpaired) electrons. The van der Waals surface area contributed by atoms with Crippen LogP contribution in [-0.4, -0.2) is 9.97 Å². The molecule has 2 aromatic rings. The summed E-state index contributed by atoms with van der Waals surface area (Å²) in [4.78, 5) is 7.09. The maximum atomic E-state index is 4.09. The monoisotopic (exact) mass is 178 g/mol. The second-order valence-corrected chi connectivity index (χ2v) is 3.65. The number of aromatic amines is 1. The van der Waals surface area contributed by atoms with Crippen molar-refractivity contribution in [2.24, 2.45) is 5.92 Å². The summed E-state index contributed by atoms with van der Waals surface area (Å²) < 4.78 is 0. The van der Waals surface area contributed by atoms with Crippen molar-refractivity contribution < 1.29 is 1.43 Å². The van der Waals surface area contributed by atoms with Crippen LogP contribution >= 0.6 is 0 Å². The number of nitrogens with one attached hydrogen (secondary N) is 1. The predicted octanol–water partition coefficient (Wildman–Crippen LogP) is 3.47. The van der Waals surface area contributed by atoms with Gasteiger partial charge in [-0.1, -0.05) is 20.8 Å². The van der Waals surface area contributed by atoms with Gasteiger partial charge in [-0.2, -0.15) is 0 Å². The van der Waals surface area contributed by atoms with E-state index in [1.165, 1.54) is 0 Å². The van der Waals surface area contributed by atoms with Crippen LogP contribution in [0.15, 0.2) is 30.6 Å². The molecule has 0 fully saturated rings.